The zero-order valence-electron chi connectivity index (χ0n) is 16.0. The molecule has 27 heavy (non-hydrogen) atoms. The van der Waals surface area contributed by atoms with Crippen LogP contribution >= 0.6 is 11.8 Å². The highest BCUT2D eigenvalue weighted by molar-refractivity contribution is 7.98. The van der Waals surface area contributed by atoms with Gasteiger partial charge in [-0.15, -0.1) is 11.8 Å². The predicted molar refractivity (Wildman–Crippen MR) is 111 cm³/mol. The van der Waals surface area contributed by atoms with Crippen LogP contribution in [-0.2, 0) is 23.5 Å². The number of thioether (sulfide) groups is 1. The molecular weight excluding hydrogens is 352 g/mol. The molecule has 0 saturated carbocycles. The molecule has 0 fully saturated rings. The number of nitrogens with zero attached hydrogens (tertiary/aromatic N) is 2. The fourth-order valence-electron chi connectivity index (χ4n) is 3.20. The standard InChI is InChI=1S/C23H24N2OS/c1-16-9-11-18(12-10-16)21-24-20-13-23(2,3)26-14-19(20)22(25-21)27-15-17-7-5-4-6-8-17/h4-12H,13-15H2,1-3H3. The maximum Gasteiger partial charge on any atom is 0.160 e. The Morgan fingerprint density at radius 2 is 1.74 bits per heavy atom. The van der Waals surface area contributed by atoms with Gasteiger partial charge in [0.25, 0.3) is 0 Å². The third-order valence-corrected chi connectivity index (χ3v) is 5.87. The first kappa shape index (κ1) is 18.2. The van der Waals surface area contributed by atoms with Gasteiger partial charge in [0.15, 0.2) is 5.82 Å². The van der Waals surface area contributed by atoms with Crippen molar-refractivity contribution in [2.45, 2.75) is 50.2 Å². The molecule has 0 unspecified atom stereocenters. The van der Waals surface area contributed by atoms with E-state index in [1.807, 2.05) is 6.07 Å². The monoisotopic (exact) mass is 376 g/mol. The highest BCUT2D eigenvalue weighted by Crippen LogP contribution is 2.35. The molecule has 2 aromatic carbocycles. The Balaban J connectivity index is 1.71. The smallest absolute Gasteiger partial charge is 0.160 e. The molecule has 0 spiro atoms. The van der Waals surface area contributed by atoms with Gasteiger partial charge < -0.3 is 4.74 Å². The topological polar surface area (TPSA) is 35.0 Å². The first-order chi connectivity index (χ1) is 13.0. The molecule has 1 aromatic heterocycles. The number of rotatable bonds is 4. The van der Waals surface area contributed by atoms with Crippen LogP contribution in [0.25, 0.3) is 11.4 Å². The Morgan fingerprint density at radius 3 is 2.48 bits per heavy atom. The molecule has 0 aliphatic carbocycles. The lowest BCUT2D eigenvalue weighted by molar-refractivity contribution is -0.0428. The molecule has 4 rings (SSSR count). The summed E-state index contributed by atoms with van der Waals surface area (Å²) in [5.41, 5.74) is 5.68. The summed E-state index contributed by atoms with van der Waals surface area (Å²) < 4.78 is 6.05. The Morgan fingerprint density at radius 1 is 1.00 bits per heavy atom. The van der Waals surface area contributed by atoms with Gasteiger partial charge in [0.05, 0.1) is 17.9 Å². The summed E-state index contributed by atoms with van der Waals surface area (Å²) in [6.07, 6.45) is 0.808. The second kappa shape index (κ2) is 7.45. The lowest BCUT2D eigenvalue weighted by Gasteiger charge is -2.32. The number of fused-ring (bicyclic) bond motifs is 1. The Hall–Kier alpha value is -2.17. The fraction of sp³-hybridized carbons (Fsp3) is 0.304. The summed E-state index contributed by atoms with van der Waals surface area (Å²) in [5.74, 6) is 1.70. The minimum Gasteiger partial charge on any atom is -0.370 e. The van der Waals surface area contributed by atoms with Crippen molar-refractivity contribution >= 4 is 11.8 Å². The van der Waals surface area contributed by atoms with E-state index >= 15 is 0 Å². The molecule has 0 bridgehead atoms. The van der Waals surface area contributed by atoms with Crippen molar-refractivity contribution < 1.29 is 4.74 Å². The Bertz CT molecular complexity index is 937. The maximum absolute atomic E-state index is 6.05. The summed E-state index contributed by atoms with van der Waals surface area (Å²) in [4.78, 5) is 9.84. The van der Waals surface area contributed by atoms with Crippen molar-refractivity contribution in [1.82, 2.24) is 9.97 Å². The van der Waals surface area contributed by atoms with E-state index < -0.39 is 0 Å². The zero-order valence-corrected chi connectivity index (χ0v) is 16.8. The van der Waals surface area contributed by atoms with Crippen LogP contribution in [0, 0.1) is 6.92 Å². The molecule has 0 saturated heterocycles. The molecule has 138 valence electrons. The van der Waals surface area contributed by atoms with Crippen molar-refractivity contribution in [3.8, 4) is 11.4 Å². The second-order valence-corrected chi connectivity index (χ2v) is 8.61. The van der Waals surface area contributed by atoms with Gasteiger partial charge in [0.2, 0.25) is 0 Å². The fourth-order valence-corrected chi connectivity index (χ4v) is 4.20. The summed E-state index contributed by atoms with van der Waals surface area (Å²) in [7, 11) is 0. The Labute approximate surface area is 165 Å². The van der Waals surface area contributed by atoms with Gasteiger partial charge in [0, 0.05) is 23.3 Å². The largest absolute Gasteiger partial charge is 0.370 e. The van der Waals surface area contributed by atoms with Gasteiger partial charge in [-0.1, -0.05) is 60.2 Å². The number of aromatic nitrogens is 2. The van der Waals surface area contributed by atoms with Crippen molar-refractivity contribution in [2.24, 2.45) is 0 Å². The van der Waals surface area contributed by atoms with Crippen LogP contribution in [0.15, 0.2) is 59.6 Å². The quantitative estimate of drug-likeness (QED) is 0.439. The predicted octanol–water partition coefficient (Wildman–Crippen LogP) is 5.60. The maximum atomic E-state index is 6.05. The molecule has 4 heteroatoms. The van der Waals surface area contributed by atoms with Crippen molar-refractivity contribution in [2.75, 3.05) is 0 Å². The van der Waals surface area contributed by atoms with Gasteiger partial charge in [-0.3, -0.25) is 0 Å². The summed E-state index contributed by atoms with van der Waals surface area (Å²) in [5, 5.41) is 1.04. The van der Waals surface area contributed by atoms with E-state index in [4.69, 9.17) is 14.7 Å². The number of aryl methyl sites for hydroxylation is 1. The van der Waals surface area contributed by atoms with Crippen molar-refractivity contribution in [3.05, 3.63) is 77.0 Å². The third-order valence-electron chi connectivity index (χ3n) is 4.78. The SMILES string of the molecule is Cc1ccc(-c2nc3c(c(SCc4ccccc4)n2)COC(C)(C)C3)cc1. The number of ether oxygens (including phenoxy) is 1. The summed E-state index contributed by atoms with van der Waals surface area (Å²) in [6, 6.07) is 18.9. The van der Waals surface area contributed by atoms with Gasteiger partial charge in [-0.05, 0) is 26.3 Å². The van der Waals surface area contributed by atoms with Crippen LogP contribution < -0.4 is 0 Å². The molecule has 1 aliphatic rings. The molecular formula is C23H24N2OS. The second-order valence-electron chi connectivity index (χ2n) is 7.64. The molecule has 0 atom stereocenters. The highest BCUT2D eigenvalue weighted by Gasteiger charge is 2.30. The molecule has 2 heterocycles. The van der Waals surface area contributed by atoms with E-state index in [0.717, 1.165) is 39.8 Å². The van der Waals surface area contributed by atoms with E-state index in [1.54, 1.807) is 11.8 Å². The minimum absolute atomic E-state index is 0.187. The van der Waals surface area contributed by atoms with Crippen LogP contribution in [-0.4, -0.2) is 15.6 Å². The van der Waals surface area contributed by atoms with Gasteiger partial charge >= 0.3 is 0 Å². The van der Waals surface area contributed by atoms with E-state index in [0.29, 0.717) is 6.61 Å². The molecule has 0 radical (unpaired) electrons. The Kier molecular flexibility index (Phi) is 5.02. The van der Waals surface area contributed by atoms with Crippen molar-refractivity contribution in [1.29, 1.82) is 0 Å². The lowest BCUT2D eigenvalue weighted by Crippen LogP contribution is -2.33. The zero-order chi connectivity index (χ0) is 18.9. The number of benzene rings is 2. The molecule has 0 N–H and O–H groups in total. The van der Waals surface area contributed by atoms with E-state index in [9.17, 15) is 0 Å². The lowest BCUT2D eigenvalue weighted by atomic mass is 9.96. The summed E-state index contributed by atoms with van der Waals surface area (Å²) in [6.45, 7) is 6.92. The van der Waals surface area contributed by atoms with E-state index in [-0.39, 0.29) is 5.60 Å². The molecule has 1 aliphatic heterocycles. The normalized spacial score (nSPS) is 15.4. The van der Waals surface area contributed by atoms with E-state index in [2.05, 4.69) is 69.3 Å². The van der Waals surface area contributed by atoms with Crippen molar-refractivity contribution in [3.63, 3.8) is 0 Å². The first-order valence-electron chi connectivity index (χ1n) is 9.28. The average molecular weight is 377 g/mol. The number of hydrogen-bond donors (Lipinski definition) is 0. The number of hydrogen-bond acceptors (Lipinski definition) is 4. The van der Waals surface area contributed by atoms with Crippen LogP contribution in [0.1, 0.15) is 36.2 Å². The van der Waals surface area contributed by atoms with Gasteiger partial charge in [-0.25, -0.2) is 9.97 Å². The molecule has 3 nitrogen and oxygen atoms in total. The molecule has 3 aromatic rings. The van der Waals surface area contributed by atoms with Gasteiger partial charge in [-0.2, -0.15) is 0 Å². The van der Waals surface area contributed by atoms with Crippen LogP contribution in [0.2, 0.25) is 0 Å². The third kappa shape index (κ3) is 4.23. The molecule has 0 amide bonds. The average Bonchev–Trinajstić information content (AvgIpc) is 2.66. The first-order valence-corrected chi connectivity index (χ1v) is 10.3. The van der Waals surface area contributed by atoms with E-state index in [1.165, 1.54) is 11.1 Å². The summed E-state index contributed by atoms with van der Waals surface area (Å²) >= 11 is 1.77. The van der Waals surface area contributed by atoms with Crippen LogP contribution in [0.4, 0.5) is 0 Å². The van der Waals surface area contributed by atoms with Gasteiger partial charge in [0.1, 0.15) is 5.03 Å². The van der Waals surface area contributed by atoms with Crippen LogP contribution in [0.3, 0.4) is 0 Å². The van der Waals surface area contributed by atoms with Crippen LogP contribution in [0.5, 0.6) is 0 Å². The highest BCUT2D eigenvalue weighted by atomic mass is 32.2. The minimum atomic E-state index is -0.187.